The van der Waals surface area contributed by atoms with E-state index in [0.717, 1.165) is 114 Å². The third-order valence-corrected chi connectivity index (χ3v) is 12.4. The predicted octanol–water partition coefficient (Wildman–Crippen LogP) is 6.68. The number of hydrogen-bond acceptors (Lipinski definition) is 8. The minimum atomic E-state index is -0.968. The summed E-state index contributed by atoms with van der Waals surface area (Å²) in [5.41, 5.74) is 0. The van der Waals surface area contributed by atoms with Gasteiger partial charge in [-0.15, -0.1) is 4.99 Å². The number of guanidine groups is 1. The van der Waals surface area contributed by atoms with E-state index in [0.29, 0.717) is 57.1 Å². The van der Waals surface area contributed by atoms with Gasteiger partial charge in [-0.1, -0.05) is 77.0 Å². The number of imide groups is 1. The maximum Gasteiger partial charge on any atom is 0.436 e. The SMILES string of the molecule is O=C(/N=C(\NC(=O)OCC1CCCCC1)N1CC(C[C@H]2C(=O)N(C(=O)NC3CCCCC3)[C@@H]2C(=O)OCC2CCCCC2)C1)OCC1CCCCC1. The Morgan fingerprint density at radius 1 is 0.635 bits per heavy atom. The second kappa shape index (κ2) is 19.1. The maximum atomic E-state index is 13.5. The van der Waals surface area contributed by atoms with Gasteiger partial charge in [0.05, 0.1) is 25.7 Å². The maximum absolute atomic E-state index is 13.5. The molecule has 0 bridgehead atoms. The molecular weight excluding hydrogens is 666 g/mol. The number of carbonyl (C=O) groups excluding carboxylic acids is 5. The highest BCUT2D eigenvalue weighted by molar-refractivity contribution is 6.08. The van der Waals surface area contributed by atoms with Crippen LogP contribution >= 0.6 is 0 Å². The summed E-state index contributed by atoms with van der Waals surface area (Å²) < 4.78 is 16.8. The Hall–Kier alpha value is -3.38. The number of urea groups is 1. The van der Waals surface area contributed by atoms with E-state index in [2.05, 4.69) is 15.6 Å². The van der Waals surface area contributed by atoms with Crippen molar-refractivity contribution in [3.63, 3.8) is 0 Å². The molecule has 2 saturated heterocycles. The lowest BCUT2D eigenvalue weighted by Crippen LogP contribution is -2.70. The number of nitrogens with one attached hydrogen (secondary N) is 2. The molecule has 4 saturated carbocycles. The summed E-state index contributed by atoms with van der Waals surface area (Å²) in [5, 5.41) is 5.69. The fourth-order valence-electron chi connectivity index (χ4n) is 9.17. The number of likely N-dealkylation sites (tertiary alicyclic amines) is 2. The van der Waals surface area contributed by atoms with Crippen LogP contribution in [0.2, 0.25) is 0 Å². The molecule has 0 aromatic heterocycles. The Bertz CT molecular complexity index is 1260. The van der Waals surface area contributed by atoms with Gasteiger partial charge in [0.1, 0.15) is 0 Å². The molecule has 5 amide bonds. The lowest BCUT2D eigenvalue weighted by Gasteiger charge is -2.48. The molecule has 6 fully saturated rings. The number of nitrogens with zero attached hydrogens (tertiary/aromatic N) is 3. The van der Waals surface area contributed by atoms with Crippen LogP contribution in [0.25, 0.3) is 0 Å². The van der Waals surface area contributed by atoms with Crippen LogP contribution in [0, 0.1) is 29.6 Å². The number of β-lactam (4-membered cyclic amide) rings is 1. The lowest BCUT2D eigenvalue weighted by molar-refractivity contribution is -0.172. The molecule has 0 unspecified atom stereocenters. The Balaban J connectivity index is 1.06. The Labute approximate surface area is 308 Å². The number of rotatable bonds is 10. The molecule has 0 radical (unpaired) electrons. The van der Waals surface area contributed by atoms with E-state index in [-0.39, 0.29) is 23.8 Å². The van der Waals surface area contributed by atoms with Gasteiger partial charge in [-0.2, -0.15) is 0 Å². The molecule has 2 atom stereocenters. The van der Waals surface area contributed by atoms with Crippen LogP contribution < -0.4 is 10.6 Å². The van der Waals surface area contributed by atoms with Crippen molar-refractivity contribution in [3.05, 3.63) is 0 Å². The fourth-order valence-corrected chi connectivity index (χ4v) is 9.17. The van der Waals surface area contributed by atoms with E-state index < -0.39 is 36.1 Å². The zero-order valence-electron chi connectivity index (χ0n) is 31.0. The first-order valence-corrected chi connectivity index (χ1v) is 20.6. The van der Waals surface area contributed by atoms with E-state index in [4.69, 9.17) is 14.2 Å². The summed E-state index contributed by atoms with van der Waals surface area (Å²) in [6.45, 7) is 1.74. The molecule has 13 nitrogen and oxygen atoms in total. The Kier molecular flexibility index (Phi) is 14.1. The molecule has 0 aromatic rings. The van der Waals surface area contributed by atoms with Crippen molar-refractivity contribution >= 4 is 36.1 Å². The van der Waals surface area contributed by atoms with Crippen molar-refractivity contribution < 1.29 is 38.2 Å². The molecule has 4 aliphatic carbocycles. The van der Waals surface area contributed by atoms with Crippen LogP contribution in [0.3, 0.4) is 0 Å². The fraction of sp³-hybridized carbons (Fsp3) is 0.846. The van der Waals surface area contributed by atoms with Crippen LogP contribution in [0.15, 0.2) is 4.99 Å². The van der Waals surface area contributed by atoms with Crippen molar-refractivity contribution in [3.8, 4) is 0 Å². The average Bonchev–Trinajstić information content (AvgIpc) is 3.15. The molecule has 52 heavy (non-hydrogen) atoms. The highest BCUT2D eigenvalue weighted by Crippen LogP contribution is 2.37. The normalized spacial score (nSPS) is 25.8. The largest absolute Gasteiger partial charge is 0.464 e. The van der Waals surface area contributed by atoms with Gasteiger partial charge in [0.2, 0.25) is 11.9 Å². The van der Waals surface area contributed by atoms with Crippen LogP contribution in [0.5, 0.6) is 0 Å². The minimum absolute atomic E-state index is 0.00104. The molecule has 290 valence electrons. The Morgan fingerprint density at radius 2 is 1.13 bits per heavy atom. The number of ether oxygens (including phenoxy) is 3. The van der Waals surface area contributed by atoms with Crippen molar-refractivity contribution in [2.75, 3.05) is 32.9 Å². The van der Waals surface area contributed by atoms with Crippen molar-refractivity contribution in [1.29, 1.82) is 0 Å². The van der Waals surface area contributed by atoms with Gasteiger partial charge >= 0.3 is 24.2 Å². The molecular formula is C39H61N5O8. The van der Waals surface area contributed by atoms with E-state index in [1.54, 1.807) is 4.90 Å². The van der Waals surface area contributed by atoms with Gasteiger partial charge < -0.3 is 24.4 Å². The summed E-state index contributed by atoms with van der Waals surface area (Å²) >= 11 is 0. The first-order chi connectivity index (χ1) is 25.3. The molecule has 2 N–H and O–H groups in total. The quantitative estimate of drug-likeness (QED) is 0.0824. The highest BCUT2D eigenvalue weighted by Gasteiger charge is 2.57. The van der Waals surface area contributed by atoms with Crippen LogP contribution in [0.1, 0.15) is 135 Å². The smallest absolute Gasteiger partial charge is 0.436 e. The molecule has 6 aliphatic rings. The Morgan fingerprint density at radius 3 is 1.69 bits per heavy atom. The van der Waals surface area contributed by atoms with Gasteiger partial charge in [-0.25, -0.2) is 24.1 Å². The van der Waals surface area contributed by atoms with Gasteiger partial charge in [0, 0.05) is 19.1 Å². The topological polar surface area (TPSA) is 156 Å². The number of alkyl carbamates (subject to hydrolysis) is 1. The molecule has 0 spiro atoms. The van der Waals surface area contributed by atoms with Gasteiger partial charge in [-0.3, -0.25) is 10.1 Å². The van der Waals surface area contributed by atoms with E-state index in [1.807, 2.05) is 0 Å². The number of aliphatic imine (C=N–C) groups is 1. The van der Waals surface area contributed by atoms with Crippen molar-refractivity contribution in [2.45, 2.75) is 147 Å². The molecule has 13 heteroatoms. The van der Waals surface area contributed by atoms with Gasteiger partial charge in [0.25, 0.3) is 0 Å². The van der Waals surface area contributed by atoms with E-state index in [9.17, 15) is 24.0 Å². The van der Waals surface area contributed by atoms with Crippen LogP contribution in [-0.4, -0.2) is 90.8 Å². The van der Waals surface area contributed by atoms with Gasteiger partial charge in [0.15, 0.2) is 6.04 Å². The first kappa shape index (κ1) is 38.3. The zero-order valence-corrected chi connectivity index (χ0v) is 31.0. The second-order valence-electron chi connectivity index (χ2n) is 16.4. The van der Waals surface area contributed by atoms with E-state index in [1.165, 1.54) is 19.3 Å². The number of esters is 1. The van der Waals surface area contributed by atoms with Crippen LogP contribution in [0.4, 0.5) is 14.4 Å². The second-order valence-corrected chi connectivity index (χ2v) is 16.4. The van der Waals surface area contributed by atoms with Crippen molar-refractivity contribution in [1.82, 2.24) is 20.4 Å². The first-order valence-electron chi connectivity index (χ1n) is 20.6. The summed E-state index contributed by atoms with van der Waals surface area (Å²) in [6, 6.07) is -1.48. The van der Waals surface area contributed by atoms with Gasteiger partial charge in [-0.05, 0) is 81.5 Å². The molecule has 6 rings (SSSR count). The monoisotopic (exact) mass is 727 g/mol. The summed E-state index contributed by atoms with van der Waals surface area (Å²) in [7, 11) is 0. The number of carbonyl (C=O) groups is 5. The third-order valence-electron chi connectivity index (χ3n) is 12.4. The highest BCUT2D eigenvalue weighted by atomic mass is 16.6. The summed E-state index contributed by atoms with van der Waals surface area (Å²) in [4.78, 5) is 73.2. The van der Waals surface area contributed by atoms with E-state index >= 15 is 0 Å². The number of hydrogen-bond donors (Lipinski definition) is 2. The summed E-state index contributed by atoms with van der Waals surface area (Å²) in [6.07, 6.45) is 20.4. The number of amides is 5. The minimum Gasteiger partial charge on any atom is -0.464 e. The lowest BCUT2D eigenvalue weighted by atomic mass is 9.78. The third kappa shape index (κ3) is 10.6. The standard InChI is InChI=1S/C39H61N5O8/c45-34-32(33(35(46)50-24-27-13-5-1-6-14-27)44(34)37(47)40-31-19-11-4-12-20-31)21-30-22-43(23-30)36(41-38(48)51-25-28-15-7-2-8-16-28)42-39(49)52-26-29-17-9-3-10-18-29/h27-33H,1-26H2,(H,40,47)(H,41,42,48,49)/t32-,33+/m1/s1. The molecule has 2 aliphatic heterocycles. The average molecular weight is 728 g/mol. The molecule has 2 heterocycles. The predicted molar refractivity (Wildman–Crippen MR) is 193 cm³/mol. The molecule has 0 aromatic carbocycles. The zero-order chi connectivity index (χ0) is 36.3. The van der Waals surface area contributed by atoms with Crippen molar-refractivity contribution in [2.24, 2.45) is 34.6 Å². The summed E-state index contributed by atoms with van der Waals surface area (Å²) in [5.74, 6) is -0.565. The van der Waals surface area contributed by atoms with Crippen LogP contribution in [-0.2, 0) is 23.8 Å².